The molecule has 0 unspecified atom stereocenters. The average molecular weight is 346 g/mol. The lowest BCUT2D eigenvalue weighted by atomic mass is 9.95. The highest BCUT2D eigenvalue weighted by molar-refractivity contribution is 7.08. The summed E-state index contributed by atoms with van der Waals surface area (Å²) in [6.45, 7) is 0.321. The first-order chi connectivity index (χ1) is 11.7. The van der Waals surface area contributed by atoms with E-state index in [1.807, 2.05) is 41.1 Å². The summed E-state index contributed by atoms with van der Waals surface area (Å²) >= 11 is 1.58. The van der Waals surface area contributed by atoms with E-state index in [1.54, 1.807) is 17.4 Å². The summed E-state index contributed by atoms with van der Waals surface area (Å²) in [6.07, 6.45) is 1.60. The van der Waals surface area contributed by atoms with Gasteiger partial charge in [0.15, 0.2) is 0 Å². The first-order valence-electron chi connectivity index (χ1n) is 7.60. The van der Waals surface area contributed by atoms with Gasteiger partial charge in [-0.15, -0.1) is 0 Å². The number of ether oxygens (including phenoxy) is 2. The minimum atomic E-state index is -1.09. The average Bonchev–Trinajstić information content (AvgIpc) is 3.15. The molecule has 0 aliphatic carbocycles. The number of hydrogen-bond donors (Lipinski definition) is 2. The van der Waals surface area contributed by atoms with Gasteiger partial charge in [0.2, 0.25) is 12.0 Å². The Morgan fingerprint density at radius 3 is 2.62 bits per heavy atom. The summed E-state index contributed by atoms with van der Waals surface area (Å²) in [5, 5.41) is 22.3. The number of aliphatic hydroxyl groups excluding tert-OH is 1. The fourth-order valence-corrected chi connectivity index (χ4v) is 3.28. The van der Waals surface area contributed by atoms with Gasteiger partial charge in [-0.25, -0.2) is 4.79 Å². The van der Waals surface area contributed by atoms with Crippen molar-refractivity contribution in [2.45, 2.75) is 31.8 Å². The maximum absolute atomic E-state index is 11.3. The first-order valence-corrected chi connectivity index (χ1v) is 8.54. The lowest BCUT2D eigenvalue weighted by Gasteiger charge is -2.28. The van der Waals surface area contributed by atoms with Gasteiger partial charge >= 0.3 is 5.97 Å². The topological polar surface area (TPSA) is 76.0 Å². The van der Waals surface area contributed by atoms with Crippen LogP contribution < -0.4 is 0 Å². The van der Waals surface area contributed by atoms with Gasteiger partial charge in [-0.1, -0.05) is 24.3 Å². The summed E-state index contributed by atoms with van der Waals surface area (Å²) < 4.78 is 11.2. The lowest BCUT2D eigenvalue weighted by molar-refractivity contribution is -0.159. The number of thiophene rings is 1. The van der Waals surface area contributed by atoms with Crippen LogP contribution in [0.15, 0.2) is 52.9 Å². The van der Waals surface area contributed by atoms with Crippen LogP contribution in [-0.4, -0.2) is 22.5 Å². The normalized spacial score (nSPS) is 20.3. The van der Waals surface area contributed by atoms with E-state index in [0.717, 1.165) is 16.7 Å². The summed E-state index contributed by atoms with van der Waals surface area (Å²) in [5.41, 5.74) is 2.85. The molecule has 6 heteroatoms. The molecule has 2 aromatic rings. The molecule has 0 amide bonds. The van der Waals surface area contributed by atoms with E-state index in [1.165, 1.54) is 0 Å². The number of rotatable bonds is 6. The van der Waals surface area contributed by atoms with Gasteiger partial charge < -0.3 is 19.7 Å². The molecule has 2 heterocycles. The van der Waals surface area contributed by atoms with Gasteiger partial charge in [0.05, 0.1) is 13.2 Å². The van der Waals surface area contributed by atoms with E-state index in [-0.39, 0.29) is 18.3 Å². The number of carboxylic acids is 1. The number of aliphatic carboxylic acids is 1. The highest BCUT2D eigenvalue weighted by atomic mass is 32.1. The van der Waals surface area contributed by atoms with Crippen molar-refractivity contribution >= 4 is 17.3 Å². The summed E-state index contributed by atoms with van der Waals surface area (Å²) in [6, 6.07) is 9.40. The Morgan fingerprint density at radius 2 is 2.00 bits per heavy atom. The molecule has 0 saturated carbocycles. The van der Waals surface area contributed by atoms with Gasteiger partial charge in [-0.2, -0.15) is 11.3 Å². The lowest BCUT2D eigenvalue weighted by Crippen LogP contribution is -2.26. The molecule has 126 valence electrons. The molecule has 1 aliphatic heterocycles. The quantitative estimate of drug-likeness (QED) is 0.840. The predicted octanol–water partition coefficient (Wildman–Crippen LogP) is 3.26. The van der Waals surface area contributed by atoms with Crippen molar-refractivity contribution in [2.24, 2.45) is 0 Å². The largest absolute Gasteiger partial charge is 0.475 e. The van der Waals surface area contributed by atoms with Crippen LogP contribution in [0, 0.1) is 0 Å². The zero-order valence-corrected chi connectivity index (χ0v) is 13.7. The second-order valence-electron chi connectivity index (χ2n) is 5.57. The molecule has 1 aliphatic rings. The van der Waals surface area contributed by atoms with Crippen molar-refractivity contribution in [3.63, 3.8) is 0 Å². The van der Waals surface area contributed by atoms with Gasteiger partial charge in [0, 0.05) is 12.3 Å². The molecule has 3 rings (SSSR count). The Hall–Kier alpha value is -2.15. The highest BCUT2D eigenvalue weighted by Crippen LogP contribution is 2.32. The number of carboxylic acid groups (broad SMARTS) is 1. The molecule has 2 atom stereocenters. The van der Waals surface area contributed by atoms with Crippen LogP contribution in [0.4, 0.5) is 0 Å². The monoisotopic (exact) mass is 346 g/mol. The van der Waals surface area contributed by atoms with E-state index in [4.69, 9.17) is 14.6 Å². The Morgan fingerprint density at radius 1 is 1.25 bits per heavy atom. The SMILES string of the molecule is O=C(O)C1=C[C@@H](c2ccsc2)C[C@@H](OCc2ccc(CO)cc2)O1. The van der Waals surface area contributed by atoms with Gasteiger partial charge in [0.1, 0.15) is 0 Å². The Balaban J connectivity index is 1.66. The predicted molar refractivity (Wildman–Crippen MR) is 89.4 cm³/mol. The molecule has 1 aromatic heterocycles. The Kier molecular flexibility index (Phi) is 5.30. The molecule has 2 N–H and O–H groups in total. The highest BCUT2D eigenvalue weighted by Gasteiger charge is 2.28. The van der Waals surface area contributed by atoms with Crippen LogP contribution in [0.5, 0.6) is 0 Å². The summed E-state index contributed by atoms with van der Waals surface area (Å²) in [4.78, 5) is 11.3. The molecule has 5 nitrogen and oxygen atoms in total. The second-order valence-corrected chi connectivity index (χ2v) is 6.35. The van der Waals surface area contributed by atoms with Gasteiger partial charge in [-0.05, 0) is 39.6 Å². The van der Waals surface area contributed by atoms with E-state index < -0.39 is 12.3 Å². The number of aliphatic hydroxyl groups is 1. The molecule has 24 heavy (non-hydrogen) atoms. The van der Waals surface area contributed by atoms with Crippen molar-refractivity contribution in [3.05, 3.63) is 69.6 Å². The maximum atomic E-state index is 11.3. The molecule has 0 saturated heterocycles. The molecule has 0 bridgehead atoms. The molecule has 1 aromatic carbocycles. The Bertz CT molecular complexity index is 706. The van der Waals surface area contributed by atoms with Crippen molar-refractivity contribution in [3.8, 4) is 0 Å². The minimum Gasteiger partial charge on any atom is -0.475 e. The van der Waals surface area contributed by atoms with Crippen LogP contribution >= 0.6 is 11.3 Å². The fraction of sp³-hybridized carbons (Fsp3) is 0.278. The first kappa shape index (κ1) is 16.7. The summed E-state index contributed by atoms with van der Waals surface area (Å²) in [5.74, 6) is -1.19. The van der Waals surface area contributed by atoms with Crippen LogP contribution in [0.2, 0.25) is 0 Å². The van der Waals surface area contributed by atoms with E-state index in [9.17, 15) is 9.90 Å². The summed E-state index contributed by atoms with van der Waals surface area (Å²) in [7, 11) is 0. The van der Waals surface area contributed by atoms with Crippen LogP contribution in [0.25, 0.3) is 0 Å². The third-order valence-corrected chi connectivity index (χ3v) is 4.58. The van der Waals surface area contributed by atoms with Crippen LogP contribution in [-0.2, 0) is 27.5 Å². The number of hydrogen-bond acceptors (Lipinski definition) is 5. The van der Waals surface area contributed by atoms with Crippen molar-refractivity contribution in [1.29, 1.82) is 0 Å². The van der Waals surface area contributed by atoms with Crippen LogP contribution in [0.1, 0.15) is 29.0 Å². The number of benzene rings is 1. The third kappa shape index (κ3) is 4.03. The van der Waals surface area contributed by atoms with Crippen molar-refractivity contribution in [2.75, 3.05) is 0 Å². The third-order valence-electron chi connectivity index (χ3n) is 3.88. The minimum absolute atomic E-state index is 0.00195. The van der Waals surface area contributed by atoms with Crippen molar-refractivity contribution in [1.82, 2.24) is 0 Å². The molecule has 0 fully saturated rings. The van der Waals surface area contributed by atoms with Crippen LogP contribution in [0.3, 0.4) is 0 Å². The standard InChI is InChI=1S/C18H18O5S/c19-9-12-1-3-13(4-2-12)10-22-17-8-15(14-5-6-24-11-14)7-16(23-17)18(20)21/h1-7,11,15,17,19H,8-10H2,(H,20,21)/t15-,17+/m1/s1. The van der Waals surface area contributed by atoms with Gasteiger partial charge in [0.25, 0.3) is 0 Å². The zero-order chi connectivity index (χ0) is 16.9. The Labute approximate surface area is 143 Å². The number of allylic oxidation sites excluding steroid dienone is 1. The van der Waals surface area contributed by atoms with E-state index in [0.29, 0.717) is 13.0 Å². The van der Waals surface area contributed by atoms with Crippen molar-refractivity contribution < 1.29 is 24.5 Å². The molecular formula is C18H18O5S. The fourth-order valence-electron chi connectivity index (χ4n) is 2.56. The molecular weight excluding hydrogens is 328 g/mol. The molecule has 0 spiro atoms. The number of carbonyl (C=O) groups is 1. The van der Waals surface area contributed by atoms with E-state index >= 15 is 0 Å². The smallest absolute Gasteiger partial charge is 0.370 e. The zero-order valence-electron chi connectivity index (χ0n) is 12.9. The second kappa shape index (κ2) is 7.61. The maximum Gasteiger partial charge on any atom is 0.370 e. The van der Waals surface area contributed by atoms with Gasteiger partial charge in [-0.3, -0.25) is 0 Å². The molecule has 0 radical (unpaired) electrons. The van der Waals surface area contributed by atoms with E-state index in [2.05, 4.69) is 0 Å².